The Labute approximate surface area is 133 Å². The van der Waals surface area contributed by atoms with E-state index in [2.05, 4.69) is 39.3 Å². The van der Waals surface area contributed by atoms with Crippen LogP contribution in [-0.2, 0) is 0 Å². The number of thiazole rings is 1. The highest BCUT2D eigenvalue weighted by Gasteiger charge is 2.14. The Morgan fingerprint density at radius 1 is 1.23 bits per heavy atom. The van der Waals surface area contributed by atoms with Gasteiger partial charge in [0.25, 0.3) is 0 Å². The fourth-order valence-electron chi connectivity index (χ4n) is 2.43. The molecule has 1 aromatic carbocycles. The van der Waals surface area contributed by atoms with Crippen LogP contribution >= 0.6 is 11.3 Å². The number of aromatic nitrogens is 1. The smallest absolute Gasteiger partial charge is 0.189 e. The summed E-state index contributed by atoms with van der Waals surface area (Å²) in [4.78, 5) is 20.1. The zero-order chi connectivity index (χ0) is 15.5. The Kier molecular flexibility index (Phi) is 4.26. The highest BCUT2D eigenvalue weighted by molar-refractivity contribution is 7.17. The van der Waals surface area contributed by atoms with Crippen LogP contribution in [0, 0.1) is 0 Å². The Morgan fingerprint density at radius 2 is 1.91 bits per heavy atom. The summed E-state index contributed by atoms with van der Waals surface area (Å²) >= 11 is 1.26. The second-order valence-corrected chi connectivity index (χ2v) is 6.38. The summed E-state index contributed by atoms with van der Waals surface area (Å²) in [5, 5.41) is 3.81. The summed E-state index contributed by atoms with van der Waals surface area (Å²) in [5.74, 6) is 0.275. The van der Waals surface area contributed by atoms with Crippen LogP contribution in [0.25, 0.3) is 0 Å². The number of nitrogens with two attached hydrogens (primary N) is 1. The first-order valence-electron chi connectivity index (χ1n) is 7.18. The van der Waals surface area contributed by atoms with E-state index >= 15 is 0 Å². The van der Waals surface area contributed by atoms with Crippen molar-refractivity contribution >= 4 is 39.9 Å². The van der Waals surface area contributed by atoms with Gasteiger partial charge < -0.3 is 20.9 Å². The number of nitrogen functional groups attached to an aromatic ring is 1. The molecule has 1 saturated heterocycles. The lowest BCUT2D eigenvalue weighted by atomic mass is 10.2. The molecule has 3 rings (SSSR count). The number of nitrogens with zero attached hydrogens (tertiary/aromatic N) is 3. The number of nitrogens with one attached hydrogen (secondary N) is 1. The van der Waals surface area contributed by atoms with Gasteiger partial charge in [-0.1, -0.05) is 11.3 Å². The fourth-order valence-corrected chi connectivity index (χ4v) is 3.14. The van der Waals surface area contributed by atoms with Crippen LogP contribution in [0.2, 0.25) is 0 Å². The summed E-state index contributed by atoms with van der Waals surface area (Å²) in [6.07, 6.45) is 0.731. The first-order valence-corrected chi connectivity index (χ1v) is 7.99. The molecule has 1 fully saturated rings. The molecule has 0 atom stereocenters. The van der Waals surface area contributed by atoms with Crippen molar-refractivity contribution in [1.29, 1.82) is 0 Å². The van der Waals surface area contributed by atoms with E-state index in [0.29, 0.717) is 10.0 Å². The molecule has 0 amide bonds. The number of piperazine rings is 1. The van der Waals surface area contributed by atoms with Gasteiger partial charge in [-0.2, -0.15) is 0 Å². The minimum absolute atomic E-state index is 0.275. The molecule has 6 nitrogen and oxygen atoms in total. The summed E-state index contributed by atoms with van der Waals surface area (Å²) in [6.45, 7) is 4.28. The number of aldehydes is 1. The van der Waals surface area contributed by atoms with Crippen molar-refractivity contribution < 1.29 is 4.79 Å². The van der Waals surface area contributed by atoms with E-state index in [9.17, 15) is 4.79 Å². The quantitative estimate of drug-likeness (QED) is 0.841. The average molecular weight is 317 g/mol. The first-order chi connectivity index (χ1) is 10.7. The maximum Gasteiger partial charge on any atom is 0.189 e. The third kappa shape index (κ3) is 3.20. The maximum atomic E-state index is 10.8. The second-order valence-electron chi connectivity index (χ2n) is 5.35. The molecular formula is C15H19N5OS. The number of rotatable bonds is 4. The fraction of sp³-hybridized carbons (Fsp3) is 0.333. The van der Waals surface area contributed by atoms with Gasteiger partial charge in [0, 0.05) is 37.6 Å². The van der Waals surface area contributed by atoms with Crippen LogP contribution in [-0.4, -0.2) is 49.4 Å². The zero-order valence-corrected chi connectivity index (χ0v) is 13.3. The Bertz CT molecular complexity index is 646. The number of likely N-dealkylation sites (N-methyl/N-ethyl adjacent to an activating group) is 1. The van der Waals surface area contributed by atoms with E-state index < -0.39 is 0 Å². The number of anilines is 4. The summed E-state index contributed by atoms with van der Waals surface area (Å²) < 4.78 is 0. The third-order valence-corrected chi connectivity index (χ3v) is 4.69. The number of carbonyl (C=O) groups is 1. The molecule has 1 aliphatic heterocycles. The molecule has 1 aliphatic rings. The number of carbonyl (C=O) groups excluding carboxylic acids is 1. The van der Waals surface area contributed by atoms with Crippen LogP contribution in [0.5, 0.6) is 0 Å². The molecule has 1 aromatic heterocycles. The molecule has 0 unspecified atom stereocenters. The van der Waals surface area contributed by atoms with Crippen molar-refractivity contribution in [3.8, 4) is 0 Å². The summed E-state index contributed by atoms with van der Waals surface area (Å²) in [6, 6.07) is 8.24. The van der Waals surface area contributed by atoms with Gasteiger partial charge in [-0.3, -0.25) is 4.79 Å². The van der Waals surface area contributed by atoms with Gasteiger partial charge in [0.15, 0.2) is 11.4 Å². The van der Waals surface area contributed by atoms with E-state index in [1.54, 1.807) is 0 Å². The molecule has 0 aliphatic carbocycles. The van der Waals surface area contributed by atoms with Gasteiger partial charge >= 0.3 is 0 Å². The summed E-state index contributed by atoms with van der Waals surface area (Å²) in [5.41, 5.74) is 7.82. The topological polar surface area (TPSA) is 74.5 Å². The second kappa shape index (κ2) is 6.33. The highest BCUT2D eigenvalue weighted by atomic mass is 32.1. The lowest BCUT2D eigenvalue weighted by molar-refractivity contribution is 0.112. The van der Waals surface area contributed by atoms with Crippen LogP contribution in [0.3, 0.4) is 0 Å². The number of hydrogen-bond acceptors (Lipinski definition) is 7. The van der Waals surface area contributed by atoms with Gasteiger partial charge in [0.1, 0.15) is 10.7 Å². The first kappa shape index (κ1) is 14.8. The van der Waals surface area contributed by atoms with Crippen molar-refractivity contribution in [1.82, 2.24) is 9.88 Å². The van der Waals surface area contributed by atoms with Crippen molar-refractivity contribution in [2.75, 3.05) is 49.2 Å². The molecule has 2 heterocycles. The van der Waals surface area contributed by atoms with E-state index in [1.807, 2.05) is 12.1 Å². The SMILES string of the molecule is CN1CCN(c2ccc(Nc3nc(N)c(C=O)s3)cc2)CC1. The van der Waals surface area contributed by atoms with Crippen LogP contribution in [0.4, 0.5) is 22.3 Å². The Morgan fingerprint density at radius 3 is 2.50 bits per heavy atom. The van der Waals surface area contributed by atoms with Crippen molar-refractivity contribution in [2.45, 2.75) is 0 Å². The summed E-state index contributed by atoms with van der Waals surface area (Å²) in [7, 11) is 2.15. The van der Waals surface area contributed by atoms with Crippen LogP contribution in [0.1, 0.15) is 9.67 Å². The van der Waals surface area contributed by atoms with Gasteiger partial charge in [-0.15, -0.1) is 0 Å². The van der Waals surface area contributed by atoms with E-state index in [4.69, 9.17) is 5.73 Å². The van der Waals surface area contributed by atoms with Crippen molar-refractivity contribution in [3.63, 3.8) is 0 Å². The molecule has 0 spiro atoms. The molecule has 22 heavy (non-hydrogen) atoms. The molecule has 0 bridgehead atoms. The number of benzene rings is 1. The normalized spacial score (nSPS) is 15.8. The lowest BCUT2D eigenvalue weighted by Gasteiger charge is -2.34. The van der Waals surface area contributed by atoms with E-state index in [-0.39, 0.29) is 5.82 Å². The predicted octanol–water partition coefficient (Wildman–Crippen LogP) is 2.03. The van der Waals surface area contributed by atoms with Gasteiger partial charge in [0.2, 0.25) is 0 Å². The van der Waals surface area contributed by atoms with E-state index in [1.165, 1.54) is 17.0 Å². The molecular weight excluding hydrogens is 298 g/mol. The zero-order valence-electron chi connectivity index (χ0n) is 12.5. The lowest BCUT2D eigenvalue weighted by Crippen LogP contribution is -2.44. The van der Waals surface area contributed by atoms with Crippen LogP contribution < -0.4 is 16.0 Å². The Hall–Kier alpha value is -2.12. The average Bonchev–Trinajstić information content (AvgIpc) is 2.88. The highest BCUT2D eigenvalue weighted by Crippen LogP contribution is 2.27. The molecule has 3 N–H and O–H groups in total. The third-order valence-electron chi connectivity index (χ3n) is 3.78. The molecule has 116 valence electrons. The van der Waals surface area contributed by atoms with Gasteiger partial charge in [0.05, 0.1) is 0 Å². The molecule has 2 aromatic rings. The Balaban J connectivity index is 1.67. The van der Waals surface area contributed by atoms with Crippen molar-refractivity contribution in [3.05, 3.63) is 29.1 Å². The van der Waals surface area contributed by atoms with Crippen LogP contribution in [0.15, 0.2) is 24.3 Å². The van der Waals surface area contributed by atoms with Gasteiger partial charge in [-0.05, 0) is 31.3 Å². The largest absolute Gasteiger partial charge is 0.382 e. The minimum atomic E-state index is 0.275. The standard InChI is InChI=1S/C15H19N5OS/c1-19-6-8-20(9-7-19)12-4-2-11(3-5-12)17-15-18-14(16)13(10-21)22-15/h2-5,10H,6-9,16H2,1H3,(H,17,18). The maximum absolute atomic E-state index is 10.8. The van der Waals surface area contributed by atoms with E-state index in [0.717, 1.165) is 38.2 Å². The molecule has 7 heteroatoms. The molecule has 0 radical (unpaired) electrons. The number of hydrogen-bond donors (Lipinski definition) is 2. The van der Waals surface area contributed by atoms with Gasteiger partial charge in [-0.25, -0.2) is 4.98 Å². The molecule has 0 saturated carbocycles. The van der Waals surface area contributed by atoms with Crippen molar-refractivity contribution in [2.24, 2.45) is 0 Å². The predicted molar refractivity (Wildman–Crippen MR) is 91.3 cm³/mol. The minimum Gasteiger partial charge on any atom is -0.382 e. The monoisotopic (exact) mass is 317 g/mol.